The molecule has 3 rings (SSSR count). The number of carbonyl (C=O) groups excluding carboxylic acids is 3. The molecular formula is C32H50N7O19P3S. The zero-order chi connectivity index (χ0) is 46.6. The van der Waals surface area contributed by atoms with Crippen molar-refractivity contribution in [2.75, 3.05) is 37.8 Å². The Hall–Kier alpha value is -3.49. The lowest BCUT2D eigenvalue weighted by Crippen LogP contribution is -2.46. The molecule has 30 heteroatoms. The van der Waals surface area contributed by atoms with Gasteiger partial charge in [0.1, 0.15) is 36.3 Å². The molecule has 0 spiro atoms. The number of allylic oxidation sites excluding steroid dienone is 2. The molecule has 2 aromatic rings. The molecule has 3 heterocycles. The van der Waals surface area contributed by atoms with Gasteiger partial charge in [-0.2, -0.15) is 4.31 Å². The van der Waals surface area contributed by atoms with E-state index in [1.54, 1.807) is 0 Å². The van der Waals surface area contributed by atoms with Crippen LogP contribution in [0.2, 0.25) is 0 Å². The number of aliphatic carboxylic acids is 1. The van der Waals surface area contributed by atoms with E-state index in [1.165, 1.54) is 19.9 Å². The summed E-state index contributed by atoms with van der Waals surface area (Å²) >= 11 is 0.881. The summed E-state index contributed by atoms with van der Waals surface area (Å²) in [6.45, 7) is 4.01. The van der Waals surface area contributed by atoms with Crippen LogP contribution in [0.5, 0.6) is 0 Å². The number of aliphatic hydroxyl groups excluding tert-OH is 2. The largest absolute Gasteiger partial charge is 0.481 e. The van der Waals surface area contributed by atoms with Gasteiger partial charge in [-0.05, 0) is 32.8 Å². The van der Waals surface area contributed by atoms with Gasteiger partial charge in [-0.3, -0.25) is 37.3 Å². The summed E-state index contributed by atoms with van der Waals surface area (Å²) in [7, 11) is -16.5. The lowest BCUT2D eigenvalue weighted by Gasteiger charge is -2.30. The second-order valence-electron chi connectivity index (χ2n) is 14.4. The van der Waals surface area contributed by atoms with Crippen molar-refractivity contribution in [3.8, 4) is 0 Å². The predicted molar refractivity (Wildman–Crippen MR) is 216 cm³/mol. The molecule has 2 aromatic heterocycles. The van der Waals surface area contributed by atoms with Crippen molar-refractivity contribution in [3.63, 3.8) is 0 Å². The minimum absolute atomic E-state index is 0.0191. The first-order valence-electron chi connectivity index (χ1n) is 18.3. The summed E-state index contributed by atoms with van der Waals surface area (Å²) in [5, 5.41) is 35.1. The molecule has 11 N–H and O–H groups in total. The number of nitrogens with one attached hydrogen (secondary N) is 2. The fourth-order valence-electron chi connectivity index (χ4n) is 5.44. The standard InChI is InChI=1S/C32H50N7O19P3S/c1-18(2)6-5-7-19(12-22(41)42)13-23(43)62-11-10-34-21(40)8-9-35-30(46)27(45)32(3,4)15-55-61(52,53)58-60(50,51)54-14-20-26(57-59(47,48)49)25(44)31(56-20)39-17-38-24-28(33)36-16-37-29(24)39/h6,13,16-17,20,25-27,31,44-45H,5,7-12,14-15H2,1-4H3,(H,34,40)(H,35,46)(H,41,42)(H,50,51)(H,52,53)(H2,33,36,37)(H2,47,48,49)/b19-13-/t20-,25-,26-,27?,31-/m1/s1. The first-order chi connectivity index (χ1) is 28.7. The number of imidazole rings is 1. The number of aliphatic hydroxyl groups is 2. The number of nitrogen functional groups attached to an aromatic ring is 1. The van der Waals surface area contributed by atoms with E-state index in [1.807, 2.05) is 19.9 Å². The number of hydrogen-bond donors (Lipinski definition) is 10. The highest BCUT2D eigenvalue weighted by Gasteiger charge is 2.50. The molecule has 0 bridgehead atoms. The van der Waals surface area contributed by atoms with Crippen LogP contribution in [0, 0.1) is 5.41 Å². The molecule has 0 aromatic carbocycles. The van der Waals surface area contributed by atoms with Crippen LogP contribution in [0.4, 0.5) is 5.82 Å². The van der Waals surface area contributed by atoms with Crippen molar-refractivity contribution in [1.29, 1.82) is 0 Å². The average molecular weight is 962 g/mol. The Balaban J connectivity index is 1.45. The van der Waals surface area contributed by atoms with Crippen LogP contribution >= 0.6 is 35.2 Å². The van der Waals surface area contributed by atoms with Gasteiger partial charge in [-0.25, -0.2) is 28.6 Å². The van der Waals surface area contributed by atoms with E-state index in [0.717, 1.165) is 34.6 Å². The van der Waals surface area contributed by atoms with Gasteiger partial charge in [-0.15, -0.1) is 0 Å². The Morgan fingerprint density at radius 3 is 2.35 bits per heavy atom. The molecule has 0 saturated carbocycles. The third-order valence-electron chi connectivity index (χ3n) is 8.46. The quantitative estimate of drug-likeness (QED) is 0.0285. The van der Waals surface area contributed by atoms with Crippen molar-refractivity contribution < 1.29 is 90.4 Å². The van der Waals surface area contributed by atoms with Gasteiger partial charge in [0, 0.05) is 30.7 Å². The number of ether oxygens (including phenoxy) is 1. The van der Waals surface area contributed by atoms with E-state index in [0.29, 0.717) is 18.4 Å². The molecule has 0 radical (unpaired) electrons. The van der Waals surface area contributed by atoms with Crippen LogP contribution in [0.1, 0.15) is 59.6 Å². The lowest BCUT2D eigenvalue weighted by molar-refractivity contribution is -0.137. The van der Waals surface area contributed by atoms with Crippen LogP contribution in [-0.4, -0.2) is 134 Å². The van der Waals surface area contributed by atoms with Gasteiger partial charge in [0.2, 0.25) is 16.9 Å². The Morgan fingerprint density at radius 1 is 1.03 bits per heavy atom. The molecule has 2 amide bonds. The number of nitrogens with zero attached hydrogens (tertiary/aromatic N) is 4. The highest BCUT2D eigenvalue weighted by Crippen LogP contribution is 2.61. The molecule has 0 aliphatic carbocycles. The maximum atomic E-state index is 12.7. The number of carbonyl (C=O) groups is 4. The van der Waals surface area contributed by atoms with Crippen molar-refractivity contribution in [2.24, 2.45) is 5.41 Å². The second kappa shape index (κ2) is 22.9. The van der Waals surface area contributed by atoms with Gasteiger partial charge in [0.25, 0.3) is 0 Å². The molecular weight excluding hydrogens is 911 g/mol. The fraction of sp³-hybridized carbons (Fsp3) is 0.594. The average Bonchev–Trinajstić information content (AvgIpc) is 3.71. The summed E-state index contributed by atoms with van der Waals surface area (Å²) in [6.07, 6.45) is -3.18. The molecule has 1 fully saturated rings. The van der Waals surface area contributed by atoms with Crippen molar-refractivity contribution in [2.45, 2.75) is 84.0 Å². The second-order valence-corrected chi connectivity index (χ2v) is 19.8. The third-order valence-corrected chi connectivity index (χ3v) is 12.4. The number of rotatable bonds is 25. The van der Waals surface area contributed by atoms with E-state index >= 15 is 0 Å². The Kier molecular flexibility index (Phi) is 19.5. The van der Waals surface area contributed by atoms with Crippen molar-refractivity contribution in [3.05, 3.63) is 36.0 Å². The van der Waals surface area contributed by atoms with Gasteiger partial charge >= 0.3 is 29.4 Å². The van der Waals surface area contributed by atoms with Crippen molar-refractivity contribution >= 4 is 75.1 Å². The first-order valence-corrected chi connectivity index (χ1v) is 23.8. The number of phosphoric acid groups is 3. The lowest BCUT2D eigenvalue weighted by atomic mass is 9.87. The topological polar surface area (TPSA) is 401 Å². The van der Waals surface area contributed by atoms with Crippen molar-refractivity contribution in [1.82, 2.24) is 30.2 Å². The van der Waals surface area contributed by atoms with Gasteiger partial charge in [0.05, 0.1) is 26.0 Å². The number of nitrogens with two attached hydrogens (primary N) is 1. The number of carboxylic acid groups (broad SMARTS) is 1. The highest BCUT2D eigenvalue weighted by molar-refractivity contribution is 8.14. The number of aromatic nitrogens is 4. The smallest absolute Gasteiger partial charge is 0.481 e. The number of thioether (sulfide) groups is 1. The summed E-state index contributed by atoms with van der Waals surface area (Å²) in [5.74, 6) is -2.47. The molecule has 1 aliphatic rings. The van der Waals surface area contributed by atoms with E-state index in [-0.39, 0.29) is 53.8 Å². The maximum Gasteiger partial charge on any atom is 0.481 e. The number of carboxylic acids is 1. The Labute approximate surface area is 358 Å². The monoisotopic (exact) mass is 961 g/mol. The van der Waals surface area contributed by atoms with Crippen LogP contribution < -0.4 is 16.4 Å². The number of amides is 2. The Morgan fingerprint density at radius 2 is 1.71 bits per heavy atom. The van der Waals surface area contributed by atoms with Crippen LogP contribution in [-0.2, 0) is 55.5 Å². The van der Waals surface area contributed by atoms with Crippen LogP contribution in [0.25, 0.3) is 11.2 Å². The van der Waals surface area contributed by atoms with Crippen LogP contribution in [0.15, 0.2) is 36.0 Å². The van der Waals surface area contributed by atoms with Gasteiger partial charge in [0.15, 0.2) is 17.7 Å². The summed E-state index contributed by atoms with van der Waals surface area (Å²) < 4.78 is 62.2. The number of anilines is 1. The molecule has 3 unspecified atom stereocenters. The molecule has 348 valence electrons. The number of phosphoric ester groups is 3. The van der Waals surface area contributed by atoms with E-state index in [4.69, 9.17) is 24.6 Å². The van der Waals surface area contributed by atoms with Gasteiger partial charge in [-0.1, -0.05) is 42.8 Å². The highest BCUT2D eigenvalue weighted by atomic mass is 32.2. The van der Waals surface area contributed by atoms with Crippen LogP contribution in [0.3, 0.4) is 0 Å². The molecule has 1 saturated heterocycles. The zero-order valence-corrected chi connectivity index (χ0v) is 37.2. The van der Waals surface area contributed by atoms with E-state index in [2.05, 4.69) is 34.4 Å². The first kappa shape index (κ1) is 52.9. The molecule has 7 atom stereocenters. The minimum Gasteiger partial charge on any atom is -0.481 e. The SMILES string of the molecule is CC(C)=CCC/C(=C/C(=O)SCCNC(=O)CCNC(=O)C(O)C(C)(C)COP(=O)(O)OP(=O)(O)OC[C@H]1O[C@@H](n2cnc3c(N)ncnc32)[C@H](O)[C@@H]1OP(=O)(O)O)CC(=O)O. The van der Waals surface area contributed by atoms with E-state index < -0.39 is 90.5 Å². The predicted octanol–water partition coefficient (Wildman–Crippen LogP) is 0.812. The Bertz CT molecular complexity index is 2130. The third kappa shape index (κ3) is 17.2. The van der Waals surface area contributed by atoms with Gasteiger partial charge < -0.3 is 56.0 Å². The maximum absolute atomic E-state index is 12.7. The zero-order valence-electron chi connectivity index (χ0n) is 33.7. The summed E-state index contributed by atoms with van der Waals surface area (Å²) in [5.41, 5.74) is 5.73. The summed E-state index contributed by atoms with van der Waals surface area (Å²) in [6, 6.07) is 0. The number of hydrogen-bond acceptors (Lipinski definition) is 19. The molecule has 1 aliphatic heterocycles. The summed E-state index contributed by atoms with van der Waals surface area (Å²) in [4.78, 5) is 99.4. The molecule has 62 heavy (non-hydrogen) atoms. The fourth-order valence-corrected chi connectivity index (χ4v) is 8.93. The normalized spacial score (nSPS) is 20.8. The molecule has 26 nitrogen and oxygen atoms in total. The van der Waals surface area contributed by atoms with E-state index in [9.17, 15) is 62.7 Å². The minimum atomic E-state index is -5.60. The number of fused-ring (bicyclic) bond motifs is 1.